The molecule has 96 valence electrons. The van der Waals surface area contributed by atoms with Gasteiger partial charge in [-0.3, -0.25) is 4.79 Å². The second-order valence-electron chi connectivity index (χ2n) is 4.61. The van der Waals surface area contributed by atoms with Crippen molar-refractivity contribution in [2.24, 2.45) is 5.92 Å². The summed E-state index contributed by atoms with van der Waals surface area (Å²) in [7, 11) is 0. The zero-order valence-corrected chi connectivity index (χ0v) is 10.8. The predicted molar refractivity (Wildman–Crippen MR) is 74.3 cm³/mol. The Kier molecular flexibility index (Phi) is 4.53. The number of amides is 1. The summed E-state index contributed by atoms with van der Waals surface area (Å²) in [5.41, 5.74) is 2.08. The summed E-state index contributed by atoms with van der Waals surface area (Å²) in [4.78, 5) is 12.0. The lowest BCUT2D eigenvalue weighted by atomic mass is 10.1. The smallest absolute Gasteiger partial charge is 0.228 e. The first-order chi connectivity index (χ1) is 8.79. The topological polar surface area (TPSA) is 41.1 Å². The van der Waals surface area contributed by atoms with E-state index in [0.717, 1.165) is 31.6 Å². The van der Waals surface area contributed by atoms with Crippen LogP contribution in [0.5, 0.6) is 0 Å². The van der Waals surface area contributed by atoms with Gasteiger partial charge < -0.3 is 10.6 Å². The lowest BCUT2D eigenvalue weighted by Gasteiger charge is -2.11. The van der Waals surface area contributed by atoms with Crippen LogP contribution in [0.2, 0.25) is 0 Å². The summed E-state index contributed by atoms with van der Waals surface area (Å²) in [5.74, 6) is 0.239. The molecule has 0 aromatic heterocycles. The number of hydrogen-bond acceptors (Lipinski definition) is 2. The number of nitrogens with one attached hydrogen (secondary N) is 2. The molecule has 1 amide bonds. The van der Waals surface area contributed by atoms with E-state index in [1.54, 1.807) is 0 Å². The number of hydrogen-bond donors (Lipinski definition) is 2. The molecule has 0 saturated carbocycles. The monoisotopic (exact) mass is 244 g/mol. The van der Waals surface area contributed by atoms with Crippen molar-refractivity contribution in [3.05, 3.63) is 42.0 Å². The molecule has 0 radical (unpaired) electrons. The van der Waals surface area contributed by atoms with E-state index in [-0.39, 0.29) is 11.8 Å². The average molecular weight is 244 g/mol. The molecule has 1 aromatic carbocycles. The Bertz CT molecular complexity index is 432. The van der Waals surface area contributed by atoms with Gasteiger partial charge in [-0.15, -0.1) is 0 Å². The second-order valence-corrected chi connectivity index (χ2v) is 4.61. The van der Waals surface area contributed by atoms with E-state index in [1.165, 1.54) is 5.56 Å². The Hall–Kier alpha value is -1.61. The highest BCUT2D eigenvalue weighted by atomic mass is 16.1. The largest absolute Gasteiger partial charge is 0.326 e. The van der Waals surface area contributed by atoms with Crippen LogP contribution >= 0.6 is 0 Å². The van der Waals surface area contributed by atoms with Crippen LogP contribution in [0.15, 0.2) is 36.4 Å². The summed E-state index contributed by atoms with van der Waals surface area (Å²) in [6.07, 6.45) is 5.88. The minimum absolute atomic E-state index is 0.113. The first-order valence-corrected chi connectivity index (χ1v) is 6.55. The van der Waals surface area contributed by atoms with E-state index in [0.29, 0.717) is 0 Å². The van der Waals surface area contributed by atoms with E-state index in [4.69, 9.17) is 0 Å². The first-order valence-electron chi connectivity index (χ1n) is 6.55. The molecule has 0 heterocycles. The minimum Gasteiger partial charge on any atom is -0.326 e. The summed E-state index contributed by atoms with van der Waals surface area (Å²) in [5, 5.41) is 6.27. The Balaban J connectivity index is 1.93. The lowest BCUT2D eigenvalue weighted by molar-refractivity contribution is -0.119. The molecule has 0 bridgehead atoms. The molecule has 0 fully saturated rings. The summed E-state index contributed by atoms with van der Waals surface area (Å²) < 4.78 is 0. The zero-order valence-electron chi connectivity index (χ0n) is 10.8. The molecule has 1 aliphatic rings. The van der Waals surface area contributed by atoms with Crippen LogP contribution < -0.4 is 10.6 Å². The van der Waals surface area contributed by atoms with Gasteiger partial charge >= 0.3 is 0 Å². The third-order valence-electron chi connectivity index (χ3n) is 3.15. The fourth-order valence-corrected chi connectivity index (χ4v) is 2.10. The van der Waals surface area contributed by atoms with Gasteiger partial charge in [-0.2, -0.15) is 0 Å². The summed E-state index contributed by atoms with van der Waals surface area (Å²) in [6, 6.07) is 8.02. The molecule has 3 heteroatoms. The molecule has 1 aromatic rings. The van der Waals surface area contributed by atoms with Crippen molar-refractivity contribution in [3.8, 4) is 0 Å². The van der Waals surface area contributed by atoms with Crippen molar-refractivity contribution in [1.82, 2.24) is 5.32 Å². The van der Waals surface area contributed by atoms with Gasteiger partial charge in [0.1, 0.15) is 0 Å². The standard InChI is InChI=1S/C15H20N2O/c1-2-16-11-12-6-5-9-14(10-12)17-15(18)13-7-3-4-8-13/h3-6,9-10,13,16H,2,7-8,11H2,1H3,(H,17,18). The first kappa shape index (κ1) is 12.8. The Morgan fingerprint density at radius 1 is 1.33 bits per heavy atom. The SMILES string of the molecule is CCNCc1cccc(NC(=O)C2CC=CC2)c1. The van der Waals surface area contributed by atoms with Crippen LogP contribution in [0.1, 0.15) is 25.3 Å². The predicted octanol–water partition coefficient (Wildman–Crippen LogP) is 2.70. The van der Waals surface area contributed by atoms with Gasteiger partial charge in [-0.05, 0) is 37.1 Å². The average Bonchev–Trinajstić information content (AvgIpc) is 2.91. The lowest BCUT2D eigenvalue weighted by Crippen LogP contribution is -2.20. The van der Waals surface area contributed by atoms with Crippen molar-refractivity contribution in [3.63, 3.8) is 0 Å². The Labute approximate surface area is 108 Å². The summed E-state index contributed by atoms with van der Waals surface area (Å²) >= 11 is 0. The van der Waals surface area contributed by atoms with Gasteiger partial charge in [-0.25, -0.2) is 0 Å². The molecule has 0 aliphatic heterocycles. The van der Waals surface area contributed by atoms with E-state index in [2.05, 4.69) is 35.8 Å². The van der Waals surface area contributed by atoms with Crippen LogP contribution in [0, 0.1) is 5.92 Å². The van der Waals surface area contributed by atoms with Crippen molar-refractivity contribution >= 4 is 11.6 Å². The van der Waals surface area contributed by atoms with Crippen molar-refractivity contribution in [2.75, 3.05) is 11.9 Å². The van der Waals surface area contributed by atoms with Gasteiger partial charge in [0.05, 0.1) is 0 Å². The Morgan fingerprint density at radius 2 is 2.11 bits per heavy atom. The van der Waals surface area contributed by atoms with Gasteiger partial charge in [0.15, 0.2) is 0 Å². The van der Waals surface area contributed by atoms with E-state index in [9.17, 15) is 4.79 Å². The van der Waals surface area contributed by atoms with Crippen LogP contribution in [-0.4, -0.2) is 12.5 Å². The van der Waals surface area contributed by atoms with E-state index >= 15 is 0 Å². The maximum Gasteiger partial charge on any atom is 0.228 e. The Morgan fingerprint density at radius 3 is 2.83 bits per heavy atom. The number of carbonyl (C=O) groups excluding carboxylic acids is 1. The fraction of sp³-hybridized carbons (Fsp3) is 0.400. The molecule has 2 rings (SSSR count). The van der Waals surface area contributed by atoms with Crippen molar-refractivity contribution in [1.29, 1.82) is 0 Å². The maximum absolute atomic E-state index is 12.0. The van der Waals surface area contributed by atoms with Gasteiger partial charge in [-0.1, -0.05) is 31.2 Å². The second kappa shape index (κ2) is 6.36. The molecule has 3 nitrogen and oxygen atoms in total. The quantitative estimate of drug-likeness (QED) is 0.782. The molecule has 0 saturated heterocycles. The number of rotatable bonds is 5. The molecular formula is C15H20N2O. The van der Waals surface area contributed by atoms with Crippen LogP contribution in [0.3, 0.4) is 0 Å². The van der Waals surface area contributed by atoms with Gasteiger partial charge in [0.2, 0.25) is 5.91 Å². The highest BCUT2D eigenvalue weighted by Gasteiger charge is 2.18. The molecule has 2 N–H and O–H groups in total. The summed E-state index contributed by atoms with van der Waals surface area (Å²) in [6.45, 7) is 3.87. The molecule has 0 atom stereocenters. The molecular weight excluding hydrogens is 224 g/mol. The normalized spacial score (nSPS) is 14.9. The minimum atomic E-state index is 0.113. The number of carbonyl (C=O) groups is 1. The van der Waals surface area contributed by atoms with Gasteiger partial charge in [0, 0.05) is 18.2 Å². The molecule has 18 heavy (non-hydrogen) atoms. The van der Waals surface area contributed by atoms with Crippen LogP contribution in [0.25, 0.3) is 0 Å². The van der Waals surface area contributed by atoms with Crippen LogP contribution in [0.4, 0.5) is 5.69 Å². The maximum atomic E-state index is 12.0. The number of allylic oxidation sites excluding steroid dienone is 2. The van der Waals surface area contributed by atoms with Crippen molar-refractivity contribution < 1.29 is 4.79 Å². The van der Waals surface area contributed by atoms with E-state index in [1.807, 2.05) is 18.2 Å². The molecule has 1 aliphatic carbocycles. The zero-order chi connectivity index (χ0) is 12.8. The number of anilines is 1. The van der Waals surface area contributed by atoms with Crippen LogP contribution in [-0.2, 0) is 11.3 Å². The highest BCUT2D eigenvalue weighted by molar-refractivity contribution is 5.93. The fourth-order valence-electron chi connectivity index (χ4n) is 2.10. The molecule has 0 spiro atoms. The third kappa shape index (κ3) is 3.44. The number of benzene rings is 1. The molecule has 0 unspecified atom stereocenters. The van der Waals surface area contributed by atoms with E-state index < -0.39 is 0 Å². The highest BCUT2D eigenvalue weighted by Crippen LogP contribution is 2.20. The van der Waals surface area contributed by atoms with Crippen molar-refractivity contribution in [2.45, 2.75) is 26.3 Å². The third-order valence-corrected chi connectivity index (χ3v) is 3.15. The van der Waals surface area contributed by atoms with Gasteiger partial charge in [0.25, 0.3) is 0 Å².